The Bertz CT molecular complexity index is 341. The van der Waals surface area contributed by atoms with Gasteiger partial charge in [-0.3, -0.25) is 5.01 Å². The maximum absolute atomic E-state index is 5.61. The van der Waals surface area contributed by atoms with Gasteiger partial charge in [0.15, 0.2) is 5.16 Å². The summed E-state index contributed by atoms with van der Waals surface area (Å²) in [5, 5.41) is 5.19. The number of anilines is 2. The van der Waals surface area contributed by atoms with Crippen LogP contribution in [0.4, 0.5) is 11.9 Å². The lowest BCUT2D eigenvalue weighted by molar-refractivity contribution is 0.681. The van der Waals surface area contributed by atoms with E-state index in [4.69, 9.17) is 5.84 Å². The molecule has 0 fully saturated rings. The molecule has 7 heteroatoms. The van der Waals surface area contributed by atoms with Crippen LogP contribution in [-0.4, -0.2) is 34.8 Å². The zero-order valence-electron chi connectivity index (χ0n) is 10.1. The first-order chi connectivity index (χ1) is 7.52. The third-order valence-electron chi connectivity index (χ3n) is 1.77. The Balaban J connectivity index is 2.86. The van der Waals surface area contributed by atoms with E-state index in [1.54, 1.807) is 7.05 Å². The highest BCUT2D eigenvalue weighted by Gasteiger charge is 2.07. The van der Waals surface area contributed by atoms with Crippen LogP contribution < -0.4 is 16.2 Å². The summed E-state index contributed by atoms with van der Waals surface area (Å²) < 4.78 is 0. The van der Waals surface area contributed by atoms with Crippen molar-refractivity contribution in [3.63, 3.8) is 0 Å². The number of hydrogen-bond donors (Lipinski definition) is 2. The third kappa shape index (κ3) is 3.82. The Morgan fingerprint density at radius 1 is 1.38 bits per heavy atom. The number of hydrogen-bond acceptors (Lipinski definition) is 7. The summed E-state index contributed by atoms with van der Waals surface area (Å²) in [6, 6.07) is 0. The van der Waals surface area contributed by atoms with Crippen molar-refractivity contribution in [2.45, 2.75) is 19.0 Å². The van der Waals surface area contributed by atoms with Crippen LogP contribution in [0.3, 0.4) is 0 Å². The highest BCUT2D eigenvalue weighted by Crippen LogP contribution is 2.14. The molecule has 1 aromatic rings. The van der Waals surface area contributed by atoms with E-state index in [1.807, 2.05) is 6.26 Å². The quantitative estimate of drug-likeness (QED) is 0.452. The van der Waals surface area contributed by atoms with Gasteiger partial charge in [-0.1, -0.05) is 25.6 Å². The molecule has 6 nitrogen and oxygen atoms in total. The number of nitrogens with two attached hydrogens (primary N) is 1. The fraction of sp³-hybridized carbons (Fsp3) is 0.667. The van der Waals surface area contributed by atoms with Crippen LogP contribution in [0.5, 0.6) is 0 Å². The van der Waals surface area contributed by atoms with Crippen molar-refractivity contribution in [1.29, 1.82) is 0 Å². The molecule has 0 saturated carbocycles. The Morgan fingerprint density at radius 3 is 2.56 bits per heavy atom. The smallest absolute Gasteiger partial charge is 0.245 e. The molecule has 0 spiro atoms. The molecule has 0 aromatic carbocycles. The van der Waals surface area contributed by atoms with Crippen molar-refractivity contribution in [3.8, 4) is 0 Å². The molecule has 0 aliphatic heterocycles. The predicted molar refractivity (Wildman–Crippen MR) is 67.5 cm³/mol. The van der Waals surface area contributed by atoms with Gasteiger partial charge in [0.2, 0.25) is 11.9 Å². The van der Waals surface area contributed by atoms with E-state index in [2.05, 4.69) is 34.1 Å². The molecule has 0 aliphatic carbocycles. The summed E-state index contributed by atoms with van der Waals surface area (Å²) in [5.41, 5.74) is 0. The molecule has 1 rings (SSSR count). The fourth-order valence-corrected chi connectivity index (χ4v) is 1.32. The normalized spacial score (nSPS) is 10.6. The predicted octanol–water partition coefficient (Wildman–Crippen LogP) is 0.971. The second-order valence-corrected chi connectivity index (χ2v) is 4.60. The molecule has 16 heavy (non-hydrogen) atoms. The van der Waals surface area contributed by atoms with Crippen LogP contribution >= 0.6 is 11.8 Å². The van der Waals surface area contributed by atoms with Crippen LogP contribution in [0, 0.1) is 5.92 Å². The monoisotopic (exact) mass is 242 g/mol. The number of rotatable bonds is 5. The summed E-state index contributed by atoms with van der Waals surface area (Å²) in [4.78, 5) is 12.6. The van der Waals surface area contributed by atoms with E-state index >= 15 is 0 Å². The average molecular weight is 242 g/mol. The van der Waals surface area contributed by atoms with Crippen molar-refractivity contribution in [2.75, 3.05) is 30.2 Å². The van der Waals surface area contributed by atoms with Gasteiger partial charge in [-0.15, -0.1) is 0 Å². The van der Waals surface area contributed by atoms with Gasteiger partial charge in [0, 0.05) is 13.6 Å². The molecule has 1 aromatic heterocycles. The van der Waals surface area contributed by atoms with Gasteiger partial charge >= 0.3 is 0 Å². The second kappa shape index (κ2) is 5.86. The molecule has 0 unspecified atom stereocenters. The largest absolute Gasteiger partial charge is 0.354 e. The Kier molecular flexibility index (Phi) is 4.75. The van der Waals surface area contributed by atoms with Crippen LogP contribution in [0.25, 0.3) is 0 Å². The molecule has 1 heterocycles. The van der Waals surface area contributed by atoms with Gasteiger partial charge in [0.25, 0.3) is 0 Å². The molecular weight excluding hydrogens is 224 g/mol. The zero-order chi connectivity index (χ0) is 12.1. The first-order valence-corrected chi connectivity index (χ1v) is 6.27. The second-order valence-electron chi connectivity index (χ2n) is 3.83. The number of hydrazine groups is 1. The van der Waals surface area contributed by atoms with Gasteiger partial charge in [-0.2, -0.15) is 15.0 Å². The topological polar surface area (TPSA) is 80.0 Å². The number of nitrogens with zero attached hydrogens (tertiary/aromatic N) is 4. The zero-order valence-corrected chi connectivity index (χ0v) is 10.9. The number of aromatic nitrogens is 3. The Labute approximate surface area is 100 Å². The minimum atomic E-state index is 0.464. The minimum absolute atomic E-state index is 0.464. The summed E-state index contributed by atoms with van der Waals surface area (Å²) >= 11 is 1.46. The van der Waals surface area contributed by atoms with E-state index in [1.165, 1.54) is 16.8 Å². The Hall–Kier alpha value is -1.08. The van der Waals surface area contributed by atoms with E-state index in [-0.39, 0.29) is 0 Å². The van der Waals surface area contributed by atoms with Crippen molar-refractivity contribution in [2.24, 2.45) is 11.8 Å². The highest BCUT2D eigenvalue weighted by molar-refractivity contribution is 7.98. The van der Waals surface area contributed by atoms with Gasteiger partial charge in [0.1, 0.15) is 0 Å². The Morgan fingerprint density at radius 2 is 2.06 bits per heavy atom. The molecule has 0 saturated heterocycles. The molecule has 3 N–H and O–H groups in total. The summed E-state index contributed by atoms with van der Waals surface area (Å²) in [6.45, 7) is 5.07. The first-order valence-electron chi connectivity index (χ1n) is 5.05. The van der Waals surface area contributed by atoms with Crippen LogP contribution in [0.15, 0.2) is 5.16 Å². The van der Waals surface area contributed by atoms with Gasteiger partial charge in [0.05, 0.1) is 0 Å². The minimum Gasteiger partial charge on any atom is -0.354 e. The van der Waals surface area contributed by atoms with Gasteiger partial charge in [-0.25, -0.2) is 5.84 Å². The lowest BCUT2D eigenvalue weighted by atomic mass is 10.2. The van der Waals surface area contributed by atoms with Crippen molar-refractivity contribution < 1.29 is 0 Å². The molecule has 0 aliphatic rings. The van der Waals surface area contributed by atoms with E-state index in [0.717, 1.165) is 6.54 Å². The van der Waals surface area contributed by atoms with E-state index in [9.17, 15) is 0 Å². The number of thioether (sulfide) groups is 1. The third-order valence-corrected chi connectivity index (χ3v) is 2.32. The van der Waals surface area contributed by atoms with Crippen molar-refractivity contribution in [3.05, 3.63) is 0 Å². The van der Waals surface area contributed by atoms with Crippen LogP contribution in [-0.2, 0) is 0 Å². The molecule has 0 atom stereocenters. The van der Waals surface area contributed by atoms with Crippen LogP contribution in [0.1, 0.15) is 13.8 Å². The van der Waals surface area contributed by atoms with Crippen molar-refractivity contribution in [1.82, 2.24) is 15.0 Å². The maximum atomic E-state index is 5.61. The molecule has 90 valence electrons. The molecule has 0 amide bonds. The summed E-state index contributed by atoms with van der Waals surface area (Å²) in [6.07, 6.45) is 1.92. The van der Waals surface area contributed by atoms with E-state index in [0.29, 0.717) is 23.0 Å². The molecular formula is C9H18N6S. The lowest BCUT2D eigenvalue weighted by Crippen LogP contribution is -2.28. The van der Waals surface area contributed by atoms with Gasteiger partial charge in [-0.05, 0) is 12.2 Å². The maximum Gasteiger partial charge on any atom is 0.245 e. The fourth-order valence-electron chi connectivity index (χ4n) is 0.969. The molecule has 0 radical (unpaired) electrons. The number of nitrogens with one attached hydrogen (secondary N) is 1. The summed E-state index contributed by atoms with van der Waals surface area (Å²) in [5.74, 6) is 7.17. The van der Waals surface area contributed by atoms with Crippen molar-refractivity contribution >= 4 is 23.7 Å². The van der Waals surface area contributed by atoms with E-state index < -0.39 is 0 Å². The lowest BCUT2D eigenvalue weighted by Gasteiger charge is -2.13. The van der Waals surface area contributed by atoms with Crippen LogP contribution in [0.2, 0.25) is 0 Å². The average Bonchev–Trinajstić information content (AvgIpc) is 2.25. The highest BCUT2D eigenvalue weighted by atomic mass is 32.2. The van der Waals surface area contributed by atoms with Gasteiger partial charge < -0.3 is 5.32 Å². The SMILES string of the molecule is CSc1nc(NCC(C)C)nc(N(C)N)n1. The first kappa shape index (κ1) is 13.0. The summed E-state index contributed by atoms with van der Waals surface area (Å²) in [7, 11) is 1.70. The molecule has 0 bridgehead atoms. The standard InChI is InChI=1S/C9H18N6S/c1-6(2)5-11-7-12-8(15(3)10)14-9(13-7)16-4/h6H,5,10H2,1-4H3,(H,11,12,13,14).